The van der Waals surface area contributed by atoms with Gasteiger partial charge in [0.15, 0.2) is 0 Å². The lowest BCUT2D eigenvalue weighted by Crippen LogP contribution is -2.39. The molecule has 116 valence electrons. The van der Waals surface area contributed by atoms with Gasteiger partial charge in [-0.3, -0.25) is 4.79 Å². The summed E-state index contributed by atoms with van der Waals surface area (Å²) in [5.74, 6) is 0.585. The molecule has 1 aliphatic heterocycles. The van der Waals surface area contributed by atoms with Crippen LogP contribution in [0.4, 0.5) is 5.82 Å². The Bertz CT molecular complexity index is 508. The molecule has 2 heterocycles. The Labute approximate surface area is 131 Å². The van der Waals surface area contributed by atoms with E-state index in [1.807, 2.05) is 14.0 Å². The second-order valence-corrected chi connectivity index (χ2v) is 5.95. The van der Waals surface area contributed by atoms with E-state index in [1.54, 1.807) is 17.2 Å². The number of nitrogens with one attached hydrogen (secondary N) is 1. The highest BCUT2D eigenvalue weighted by Gasteiger charge is 2.24. The van der Waals surface area contributed by atoms with E-state index in [2.05, 4.69) is 22.2 Å². The lowest BCUT2D eigenvalue weighted by Gasteiger charge is -2.26. The zero-order chi connectivity index (χ0) is 15.4. The number of rotatable bonds is 5. The van der Waals surface area contributed by atoms with Crippen LogP contribution in [0.25, 0.3) is 0 Å². The van der Waals surface area contributed by atoms with Gasteiger partial charge >= 0.3 is 0 Å². The van der Waals surface area contributed by atoms with E-state index in [0.29, 0.717) is 22.4 Å². The normalized spacial score (nSPS) is 18.8. The summed E-state index contributed by atoms with van der Waals surface area (Å²) in [6.45, 7) is 4.57. The predicted molar refractivity (Wildman–Crippen MR) is 86.0 cm³/mol. The van der Waals surface area contributed by atoms with Crippen molar-refractivity contribution in [2.45, 2.75) is 25.8 Å². The monoisotopic (exact) mass is 310 g/mol. The van der Waals surface area contributed by atoms with E-state index >= 15 is 0 Å². The SMILES string of the molecule is CCNc1ncc(C(=O)N(C)CC2CCCN2C)cc1Cl. The summed E-state index contributed by atoms with van der Waals surface area (Å²) in [6, 6.07) is 2.13. The number of nitrogens with zero attached hydrogens (tertiary/aromatic N) is 3. The van der Waals surface area contributed by atoms with E-state index in [4.69, 9.17) is 11.6 Å². The average molecular weight is 311 g/mol. The zero-order valence-corrected chi connectivity index (χ0v) is 13.7. The Balaban J connectivity index is 2.03. The average Bonchev–Trinajstić information content (AvgIpc) is 2.86. The van der Waals surface area contributed by atoms with Crippen LogP contribution in [0.1, 0.15) is 30.1 Å². The zero-order valence-electron chi connectivity index (χ0n) is 12.9. The highest BCUT2D eigenvalue weighted by atomic mass is 35.5. The third kappa shape index (κ3) is 3.86. The molecule has 0 aromatic carbocycles. The largest absolute Gasteiger partial charge is 0.369 e. The number of carbonyl (C=O) groups is 1. The van der Waals surface area contributed by atoms with Gasteiger partial charge in [0.2, 0.25) is 0 Å². The number of hydrogen-bond donors (Lipinski definition) is 1. The fourth-order valence-electron chi connectivity index (χ4n) is 2.68. The van der Waals surface area contributed by atoms with Crippen LogP contribution in [-0.4, -0.2) is 60.5 Å². The van der Waals surface area contributed by atoms with Crippen LogP contribution in [0.5, 0.6) is 0 Å². The molecule has 6 heteroatoms. The van der Waals surface area contributed by atoms with Crippen molar-refractivity contribution in [2.75, 3.05) is 39.0 Å². The van der Waals surface area contributed by atoms with Gasteiger partial charge < -0.3 is 15.1 Å². The van der Waals surface area contributed by atoms with E-state index in [9.17, 15) is 4.79 Å². The van der Waals surface area contributed by atoms with Gasteiger partial charge in [0.05, 0.1) is 10.6 Å². The first-order valence-corrected chi connectivity index (χ1v) is 7.75. The minimum atomic E-state index is -0.0345. The standard InChI is InChI=1S/C15H23ClN4O/c1-4-17-14-13(16)8-11(9-18-14)15(21)20(3)10-12-6-5-7-19(12)2/h8-9,12H,4-7,10H2,1-3H3,(H,17,18). The number of aromatic nitrogens is 1. The van der Waals surface area contributed by atoms with Crippen LogP contribution in [0.15, 0.2) is 12.3 Å². The summed E-state index contributed by atoms with van der Waals surface area (Å²) in [4.78, 5) is 20.7. The summed E-state index contributed by atoms with van der Waals surface area (Å²) >= 11 is 6.15. The third-order valence-electron chi connectivity index (χ3n) is 3.94. The molecule has 1 atom stereocenters. The summed E-state index contributed by atoms with van der Waals surface area (Å²) < 4.78 is 0. The Kier molecular flexibility index (Phi) is 5.42. The topological polar surface area (TPSA) is 48.5 Å². The summed E-state index contributed by atoms with van der Waals surface area (Å²) in [5.41, 5.74) is 0.532. The van der Waals surface area contributed by atoms with Crippen LogP contribution in [0, 0.1) is 0 Å². The number of likely N-dealkylation sites (tertiary alicyclic amines) is 1. The van der Waals surface area contributed by atoms with Crippen molar-refractivity contribution >= 4 is 23.3 Å². The summed E-state index contributed by atoms with van der Waals surface area (Å²) in [7, 11) is 3.94. The molecule has 0 spiro atoms. The first kappa shape index (κ1) is 16.0. The van der Waals surface area contributed by atoms with Crippen LogP contribution in [0.3, 0.4) is 0 Å². The number of anilines is 1. The minimum absolute atomic E-state index is 0.0345. The van der Waals surface area contributed by atoms with Gasteiger partial charge in [-0.15, -0.1) is 0 Å². The highest BCUT2D eigenvalue weighted by molar-refractivity contribution is 6.33. The van der Waals surface area contributed by atoms with Gasteiger partial charge in [-0.2, -0.15) is 0 Å². The van der Waals surface area contributed by atoms with Crippen LogP contribution in [-0.2, 0) is 0 Å². The molecule has 1 N–H and O–H groups in total. The Morgan fingerprint density at radius 3 is 2.95 bits per heavy atom. The Hall–Kier alpha value is -1.33. The number of halogens is 1. The lowest BCUT2D eigenvalue weighted by atomic mass is 10.2. The maximum atomic E-state index is 12.4. The number of carbonyl (C=O) groups excluding carboxylic acids is 1. The second-order valence-electron chi connectivity index (χ2n) is 5.55. The molecule has 1 aliphatic rings. The van der Waals surface area contributed by atoms with Crippen molar-refractivity contribution in [3.63, 3.8) is 0 Å². The van der Waals surface area contributed by atoms with E-state index in [1.165, 1.54) is 6.42 Å². The van der Waals surface area contributed by atoms with Gasteiger partial charge in [0.25, 0.3) is 5.91 Å². The van der Waals surface area contributed by atoms with Gasteiger partial charge in [0, 0.05) is 32.4 Å². The lowest BCUT2D eigenvalue weighted by molar-refractivity contribution is 0.0761. The molecule has 0 bridgehead atoms. The maximum absolute atomic E-state index is 12.4. The van der Waals surface area contributed by atoms with Crippen molar-refractivity contribution in [1.29, 1.82) is 0 Å². The molecule has 0 aliphatic carbocycles. The first-order valence-electron chi connectivity index (χ1n) is 7.38. The highest BCUT2D eigenvalue weighted by Crippen LogP contribution is 2.21. The minimum Gasteiger partial charge on any atom is -0.369 e. The van der Waals surface area contributed by atoms with Gasteiger partial charge in [-0.05, 0) is 39.4 Å². The first-order chi connectivity index (χ1) is 10.0. The molecule has 21 heavy (non-hydrogen) atoms. The molecule has 2 rings (SSSR count). The van der Waals surface area contributed by atoms with Crippen molar-refractivity contribution in [2.24, 2.45) is 0 Å². The molecule has 1 unspecified atom stereocenters. The van der Waals surface area contributed by atoms with Crippen molar-refractivity contribution in [3.8, 4) is 0 Å². The van der Waals surface area contributed by atoms with Crippen LogP contribution in [0.2, 0.25) is 5.02 Å². The molecule has 5 nitrogen and oxygen atoms in total. The summed E-state index contributed by atoms with van der Waals surface area (Å²) in [5, 5.41) is 3.54. The Morgan fingerprint density at radius 2 is 2.38 bits per heavy atom. The molecule has 1 amide bonds. The number of amides is 1. The van der Waals surface area contributed by atoms with Crippen LogP contribution < -0.4 is 5.32 Å². The predicted octanol–water partition coefficient (Wildman–Crippen LogP) is 2.33. The summed E-state index contributed by atoms with van der Waals surface area (Å²) in [6.07, 6.45) is 3.93. The van der Waals surface area contributed by atoms with Crippen LogP contribution >= 0.6 is 11.6 Å². The fourth-order valence-corrected chi connectivity index (χ4v) is 2.91. The molecule has 0 saturated carbocycles. The Morgan fingerprint density at radius 1 is 1.62 bits per heavy atom. The quantitative estimate of drug-likeness (QED) is 0.907. The molecular weight excluding hydrogens is 288 g/mol. The van der Waals surface area contributed by atoms with Crippen molar-refractivity contribution in [1.82, 2.24) is 14.8 Å². The second kappa shape index (κ2) is 7.09. The molecule has 1 aromatic heterocycles. The molecular formula is C15H23ClN4O. The maximum Gasteiger partial charge on any atom is 0.255 e. The number of likely N-dealkylation sites (N-methyl/N-ethyl adjacent to an activating group) is 2. The molecule has 1 fully saturated rings. The molecule has 1 aromatic rings. The number of hydrogen-bond acceptors (Lipinski definition) is 4. The molecule has 1 saturated heterocycles. The fraction of sp³-hybridized carbons (Fsp3) is 0.600. The van der Waals surface area contributed by atoms with Crippen molar-refractivity contribution in [3.05, 3.63) is 22.8 Å². The van der Waals surface area contributed by atoms with E-state index in [0.717, 1.165) is 26.1 Å². The van der Waals surface area contributed by atoms with Gasteiger partial charge in [-0.1, -0.05) is 11.6 Å². The molecule has 0 radical (unpaired) electrons. The van der Waals surface area contributed by atoms with Gasteiger partial charge in [0.1, 0.15) is 5.82 Å². The third-order valence-corrected chi connectivity index (χ3v) is 4.22. The number of pyridine rings is 1. The smallest absolute Gasteiger partial charge is 0.255 e. The van der Waals surface area contributed by atoms with Gasteiger partial charge in [-0.25, -0.2) is 4.98 Å². The van der Waals surface area contributed by atoms with E-state index < -0.39 is 0 Å². The van der Waals surface area contributed by atoms with Crippen molar-refractivity contribution < 1.29 is 4.79 Å². The van der Waals surface area contributed by atoms with E-state index in [-0.39, 0.29) is 5.91 Å².